The number of para-hydroxylation sites is 1. The molecule has 0 aliphatic heterocycles. The van der Waals surface area contributed by atoms with Gasteiger partial charge in [-0.25, -0.2) is 4.57 Å². The van der Waals surface area contributed by atoms with Gasteiger partial charge in [-0.15, -0.1) is 0 Å². The number of phosphoric acid groups is 1. The van der Waals surface area contributed by atoms with Crippen LogP contribution in [0.2, 0.25) is 0 Å². The van der Waals surface area contributed by atoms with Crippen molar-refractivity contribution in [2.24, 2.45) is 0 Å². The van der Waals surface area contributed by atoms with Crippen LogP contribution >= 0.6 is 19.2 Å². The molecule has 0 amide bonds. The molecular weight excluding hydrogens is 557 g/mol. The van der Waals surface area contributed by atoms with E-state index in [1.165, 1.54) is 82.3 Å². The van der Waals surface area contributed by atoms with E-state index in [0.29, 0.717) is 18.9 Å². The summed E-state index contributed by atoms with van der Waals surface area (Å²) in [6.45, 7) is 5.43. The molecule has 0 spiro atoms. The molecule has 0 saturated heterocycles. The van der Waals surface area contributed by atoms with Crippen LogP contribution in [0.5, 0.6) is 23.0 Å². The third-order valence-corrected chi connectivity index (χ3v) is 8.52. The summed E-state index contributed by atoms with van der Waals surface area (Å²) >= 11 is 1.65. The number of thiazole rings is 1. The van der Waals surface area contributed by atoms with Crippen LogP contribution in [0.4, 0.5) is 0 Å². The van der Waals surface area contributed by atoms with Crippen molar-refractivity contribution in [1.29, 1.82) is 0 Å². The largest absolute Gasteiger partial charge is 0.736 e. The molecular formula is C32H46NO6PS. The van der Waals surface area contributed by atoms with Crippen LogP contribution in [0.1, 0.15) is 94.4 Å². The number of rotatable bonds is 21. The molecule has 1 aromatic heterocycles. The van der Waals surface area contributed by atoms with Crippen molar-refractivity contribution in [2.45, 2.75) is 97.4 Å². The van der Waals surface area contributed by atoms with E-state index < -0.39 is 7.82 Å². The lowest BCUT2D eigenvalue weighted by molar-refractivity contribution is -0.683. The van der Waals surface area contributed by atoms with Gasteiger partial charge in [-0.05, 0) is 37.6 Å². The fourth-order valence-corrected chi connectivity index (χ4v) is 6.14. The summed E-state index contributed by atoms with van der Waals surface area (Å²) in [6, 6.07) is 11.9. The first-order chi connectivity index (χ1) is 19.9. The fourth-order valence-electron chi connectivity index (χ4n) is 4.72. The van der Waals surface area contributed by atoms with E-state index in [2.05, 4.69) is 6.92 Å². The third kappa shape index (κ3) is 12.5. The first-order valence-electron chi connectivity index (χ1n) is 14.9. The Morgan fingerprint density at radius 3 is 2.12 bits per heavy atom. The number of hydrogen-bond acceptors (Lipinski definition) is 7. The highest BCUT2D eigenvalue weighted by molar-refractivity contribution is 7.46. The van der Waals surface area contributed by atoms with Gasteiger partial charge in [0.25, 0.3) is 0 Å². The van der Waals surface area contributed by atoms with E-state index in [0.717, 1.165) is 18.4 Å². The van der Waals surface area contributed by atoms with Gasteiger partial charge < -0.3 is 23.4 Å². The van der Waals surface area contributed by atoms with Gasteiger partial charge in [0.2, 0.25) is 11.3 Å². The van der Waals surface area contributed by atoms with Crippen LogP contribution in [0.15, 0.2) is 54.2 Å². The molecule has 0 radical (unpaired) electrons. The number of aromatic nitrogens is 1. The molecule has 0 aliphatic rings. The minimum absolute atomic E-state index is 0.0264. The number of nitrogens with zero attached hydrogens (tertiary/aromatic N) is 1. The maximum atomic E-state index is 12.8. The molecule has 3 rings (SSSR count). The Kier molecular flexibility index (Phi) is 14.5. The monoisotopic (exact) mass is 603 g/mol. The minimum atomic E-state index is -4.74. The molecule has 0 N–H and O–H groups in total. The van der Waals surface area contributed by atoms with E-state index in [9.17, 15) is 9.46 Å². The molecule has 1 atom stereocenters. The van der Waals surface area contributed by atoms with Gasteiger partial charge in [0.1, 0.15) is 5.75 Å². The number of benzene rings is 2. The number of ether oxygens (including phenoxy) is 2. The summed E-state index contributed by atoms with van der Waals surface area (Å²) in [5, 5.41) is 0. The zero-order valence-corrected chi connectivity index (χ0v) is 26.6. The van der Waals surface area contributed by atoms with Crippen LogP contribution in [-0.4, -0.2) is 13.7 Å². The van der Waals surface area contributed by atoms with Crippen LogP contribution in [-0.2, 0) is 11.1 Å². The second-order valence-corrected chi connectivity index (χ2v) is 12.8. The molecule has 7 nitrogen and oxygen atoms in total. The maximum absolute atomic E-state index is 12.8. The first kappa shape index (κ1) is 33.0. The predicted molar refractivity (Wildman–Crippen MR) is 163 cm³/mol. The van der Waals surface area contributed by atoms with Gasteiger partial charge in [-0.3, -0.25) is 0 Å². The summed E-state index contributed by atoms with van der Waals surface area (Å²) in [4.78, 5) is 14.0. The average Bonchev–Trinajstić information content (AvgIpc) is 3.35. The second-order valence-electron chi connectivity index (χ2n) is 10.4. The Morgan fingerprint density at radius 2 is 1.49 bits per heavy atom. The highest BCUT2D eigenvalue weighted by Crippen LogP contribution is 2.46. The molecule has 0 aliphatic carbocycles. The normalized spacial score (nSPS) is 12.6. The minimum Gasteiger partial charge on any atom is -0.736 e. The lowest BCUT2D eigenvalue weighted by Gasteiger charge is -2.25. The van der Waals surface area contributed by atoms with Gasteiger partial charge in [0.05, 0.1) is 18.6 Å². The van der Waals surface area contributed by atoms with Crippen LogP contribution in [0, 0.1) is 6.92 Å². The summed E-state index contributed by atoms with van der Waals surface area (Å²) < 4.78 is 36.8. The van der Waals surface area contributed by atoms with Crippen LogP contribution in [0.25, 0.3) is 0 Å². The zero-order valence-electron chi connectivity index (χ0n) is 24.8. The van der Waals surface area contributed by atoms with Crippen LogP contribution < -0.4 is 28.0 Å². The Balaban J connectivity index is 1.42. The fraction of sp³-hybridized carbons (Fsp3) is 0.531. The number of unbranched alkanes of at least 4 members (excludes halogenated alkanes) is 11. The summed E-state index contributed by atoms with van der Waals surface area (Å²) in [5.41, 5.74) is 2.93. The van der Waals surface area contributed by atoms with Gasteiger partial charge in [0.15, 0.2) is 24.2 Å². The molecule has 226 valence electrons. The number of methoxy groups -OCH3 is 1. The number of aryl methyl sites for hydroxylation is 1. The Morgan fingerprint density at radius 1 is 0.854 bits per heavy atom. The van der Waals surface area contributed by atoms with Crippen molar-refractivity contribution in [3.63, 3.8) is 0 Å². The standard InChI is InChI=1S/C32H46NO6PS/c1-4-5-6-7-8-9-10-11-12-13-14-15-22-37-30-20-17-21-31(32(30)36-3)39-40(34,35)38-29-19-16-18-28(23-29)25-33-24-27(2)41-26-33/h16-21,23-24,26H,4-15,22,25H2,1-3H3. The maximum Gasteiger partial charge on any atom is 0.372 e. The van der Waals surface area contributed by atoms with E-state index in [1.807, 2.05) is 29.3 Å². The Bertz CT molecular complexity index is 1220. The summed E-state index contributed by atoms with van der Waals surface area (Å²) in [5.74, 6) is 0.882. The van der Waals surface area contributed by atoms with Crippen molar-refractivity contribution in [2.75, 3.05) is 13.7 Å². The SMILES string of the molecule is CCCCCCCCCCCCCCOc1cccc(OP(=O)([O-])Oc2cccc(C[n+]3csc(C)c3)c2)c1OC. The Hall–Kier alpha value is -2.54. The molecule has 41 heavy (non-hydrogen) atoms. The van der Waals surface area contributed by atoms with E-state index in [4.69, 9.17) is 18.5 Å². The lowest BCUT2D eigenvalue weighted by atomic mass is 10.1. The molecule has 1 heterocycles. The molecule has 3 aromatic rings. The molecule has 2 aromatic carbocycles. The van der Waals surface area contributed by atoms with Gasteiger partial charge in [-0.2, -0.15) is 4.57 Å². The second kappa shape index (κ2) is 18.1. The van der Waals surface area contributed by atoms with Crippen molar-refractivity contribution in [3.05, 3.63) is 64.6 Å². The highest BCUT2D eigenvalue weighted by Gasteiger charge is 2.20. The van der Waals surface area contributed by atoms with Crippen LogP contribution in [0.3, 0.4) is 0 Å². The third-order valence-electron chi connectivity index (χ3n) is 6.81. The highest BCUT2D eigenvalue weighted by atomic mass is 32.1. The lowest BCUT2D eigenvalue weighted by Crippen LogP contribution is -2.30. The van der Waals surface area contributed by atoms with Crippen molar-refractivity contribution in [3.8, 4) is 23.0 Å². The van der Waals surface area contributed by atoms with Crippen molar-refractivity contribution >= 4 is 19.2 Å². The van der Waals surface area contributed by atoms with Gasteiger partial charge >= 0.3 is 7.82 Å². The van der Waals surface area contributed by atoms with Gasteiger partial charge in [-0.1, -0.05) is 107 Å². The first-order valence-corrected chi connectivity index (χ1v) is 17.3. The zero-order chi connectivity index (χ0) is 29.3. The predicted octanol–water partition coefficient (Wildman–Crippen LogP) is 8.41. The molecule has 0 fully saturated rings. The molecule has 1 unspecified atom stereocenters. The molecule has 0 saturated carbocycles. The van der Waals surface area contributed by atoms with Crippen molar-refractivity contribution < 1.29 is 32.5 Å². The molecule has 9 heteroatoms. The topological polar surface area (TPSA) is 80.9 Å². The van der Waals surface area contributed by atoms with Gasteiger partial charge in [0, 0.05) is 5.56 Å². The van der Waals surface area contributed by atoms with E-state index in [-0.39, 0.29) is 17.2 Å². The Labute approximate surface area is 250 Å². The summed E-state index contributed by atoms with van der Waals surface area (Å²) in [7, 11) is -3.28. The number of hydrogen-bond donors (Lipinski definition) is 0. The molecule has 0 bridgehead atoms. The van der Waals surface area contributed by atoms with Crippen molar-refractivity contribution in [1.82, 2.24) is 0 Å². The summed E-state index contributed by atoms with van der Waals surface area (Å²) in [6.07, 6.45) is 17.3. The number of phosphoric ester groups is 1. The van der Waals surface area contributed by atoms with E-state index >= 15 is 0 Å². The average molecular weight is 604 g/mol. The smallest absolute Gasteiger partial charge is 0.372 e. The quantitative estimate of drug-likeness (QED) is 0.0691. The van der Waals surface area contributed by atoms with E-state index in [1.54, 1.807) is 41.7 Å².